The summed E-state index contributed by atoms with van der Waals surface area (Å²) in [5.41, 5.74) is 0. The summed E-state index contributed by atoms with van der Waals surface area (Å²) >= 11 is 0. The first-order valence-electron chi connectivity index (χ1n) is 4.46. The Bertz CT molecular complexity index is 112. The van der Waals surface area contributed by atoms with Crippen LogP contribution in [-0.4, -0.2) is 18.9 Å². The van der Waals surface area contributed by atoms with E-state index in [4.69, 9.17) is 0 Å². The lowest BCUT2D eigenvalue weighted by Crippen LogP contribution is -2.33. The third kappa shape index (κ3) is 4.14. The molecule has 0 saturated carbocycles. The summed E-state index contributed by atoms with van der Waals surface area (Å²) in [5.74, 6) is 0.334. The molecule has 0 radical (unpaired) electrons. The average Bonchev–Trinajstić information content (AvgIpc) is 2.05. The number of hydrogen-bond donors (Lipinski definition) is 1. The second kappa shape index (κ2) is 6.35. The molecule has 11 heavy (non-hydrogen) atoms. The van der Waals surface area contributed by atoms with Gasteiger partial charge in [0.15, 0.2) is 0 Å². The lowest BCUT2D eigenvalue weighted by molar-refractivity contribution is -0.120. The fraction of sp³-hybridized carbons (Fsp3) is 0.889. The normalized spacial score (nSPS) is 13.0. The molecule has 0 heterocycles. The molecule has 0 aliphatic rings. The minimum Gasteiger partial charge on any atom is -0.311 e. The summed E-state index contributed by atoms with van der Waals surface area (Å²) in [6.07, 6.45) is 3.93. The maximum absolute atomic E-state index is 11.2. The van der Waals surface area contributed by atoms with Crippen LogP contribution in [0.5, 0.6) is 0 Å². The van der Waals surface area contributed by atoms with E-state index in [0.717, 1.165) is 19.3 Å². The van der Waals surface area contributed by atoms with E-state index >= 15 is 0 Å². The Balaban J connectivity index is 3.65. The molecule has 0 aliphatic carbocycles. The van der Waals surface area contributed by atoms with Crippen molar-refractivity contribution in [3.63, 3.8) is 0 Å². The summed E-state index contributed by atoms with van der Waals surface area (Å²) < 4.78 is 0. The summed E-state index contributed by atoms with van der Waals surface area (Å²) in [4.78, 5) is 11.2. The molecule has 0 aromatic rings. The smallest absolute Gasteiger partial charge is 0.149 e. The van der Waals surface area contributed by atoms with Crippen LogP contribution in [0.4, 0.5) is 0 Å². The topological polar surface area (TPSA) is 29.1 Å². The molecule has 0 aliphatic heterocycles. The number of carbonyl (C=O) groups is 1. The molecule has 2 nitrogen and oxygen atoms in total. The third-order valence-corrected chi connectivity index (χ3v) is 1.93. The van der Waals surface area contributed by atoms with Crippen molar-refractivity contribution in [3.05, 3.63) is 0 Å². The fourth-order valence-electron chi connectivity index (χ4n) is 1.12. The maximum atomic E-state index is 11.2. The molecule has 0 fully saturated rings. The molecule has 0 amide bonds. The first kappa shape index (κ1) is 10.6. The average molecular weight is 157 g/mol. The predicted octanol–water partition coefficient (Wildman–Crippen LogP) is 1.74. The van der Waals surface area contributed by atoms with Crippen LogP contribution >= 0.6 is 0 Å². The van der Waals surface area contributed by atoms with Gasteiger partial charge >= 0.3 is 0 Å². The van der Waals surface area contributed by atoms with Gasteiger partial charge in [-0.2, -0.15) is 0 Å². The first-order chi connectivity index (χ1) is 5.26. The molecule has 1 N–H and O–H groups in total. The van der Waals surface area contributed by atoms with Gasteiger partial charge in [0, 0.05) is 6.42 Å². The zero-order valence-corrected chi connectivity index (χ0v) is 7.81. The molecule has 66 valence electrons. The Morgan fingerprint density at radius 2 is 2.09 bits per heavy atom. The Hall–Kier alpha value is -0.370. The quantitative estimate of drug-likeness (QED) is 0.636. The van der Waals surface area contributed by atoms with Crippen LogP contribution in [0.3, 0.4) is 0 Å². The highest BCUT2D eigenvalue weighted by molar-refractivity contribution is 5.83. The van der Waals surface area contributed by atoms with Crippen LogP contribution in [0.25, 0.3) is 0 Å². The summed E-state index contributed by atoms with van der Waals surface area (Å²) in [6, 6.07) is 0.0972. The molecular formula is C9H19NO. The van der Waals surface area contributed by atoms with E-state index in [9.17, 15) is 4.79 Å². The van der Waals surface area contributed by atoms with Gasteiger partial charge in [-0.25, -0.2) is 0 Å². The molecule has 0 rings (SSSR count). The lowest BCUT2D eigenvalue weighted by Gasteiger charge is -2.12. The van der Waals surface area contributed by atoms with Crippen molar-refractivity contribution in [2.75, 3.05) is 7.05 Å². The first-order valence-corrected chi connectivity index (χ1v) is 4.46. The van der Waals surface area contributed by atoms with Crippen LogP contribution in [0, 0.1) is 0 Å². The van der Waals surface area contributed by atoms with Gasteiger partial charge in [-0.05, 0) is 13.5 Å². The third-order valence-electron chi connectivity index (χ3n) is 1.93. The van der Waals surface area contributed by atoms with Gasteiger partial charge < -0.3 is 5.32 Å². The van der Waals surface area contributed by atoms with E-state index in [1.54, 1.807) is 0 Å². The van der Waals surface area contributed by atoms with Crippen molar-refractivity contribution in [1.29, 1.82) is 0 Å². The SMILES string of the molecule is CCCC[C@@H](NC)C(=O)CC. The van der Waals surface area contributed by atoms with Gasteiger partial charge in [-0.1, -0.05) is 26.7 Å². The van der Waals surface area contributed by atoms with Crippen molar-refractivity contribution < 1.29 is 4.79 Å². The lowest BCUT2D eigenvalue weighted by atomic mass is 10.0. The number of rotatable bonds is 6. The number of likely N-dealkylation sites (N-methyl/N-ethyl adjacent to an activating group) is 1. The van der Waals surface area contributed by atoms with Crippen LogP contribution in [0.2, 0.25) is 0 Å². The van der Waals surface area contributed by atoms with Crippen molar-refractivity contribution in [1.82, 2.24) is 5.32 Å². The van der Waals surface area contributed by atoms with Crippen LogP contribution < -0.4 is 5.32 Å². The van der Waals surface area contributed by atoms with Crippen molar-refractivity contribution in [3.8, 4) is 0 Å². The molecule has 2 heteroatoms. The zero-order valence-electron chi connectivity index (χ0n) is 7.81. The van der Waals surface area contributed by atoms with E-state index in [2.05, 4.69) is 12.2 Å². The summed E-state index contributed by atoms with van der Waals surface area (Å²) in [7, 11) is 1.86. The predicted molar refractivity (Wildman–Crippen MR) is 47.7 cm³/mol. The molecule has 0 spiro atoms. The largest absolute Gasteiger partial charge is 0.311 e. The number of carbonyl (C=O) groups excluding carboxylic acids is 1. The highest BCUT2D eigenvalue weighted by Gasteiger charge is 2.12. The van der Waals surface area contributed by atoms with E-state index in [-0.39, 0.29) is 6.04 Å². The highest BCUT2D eigenvalue weighted by atomic mass is 16.1. The van der Waals surface area contributed by atoms with Gasteiger partial charge in [0.1, 0.15) is 5.78 Å². The van der Waals surface area contributed by atoms with Gasteiger partial charge in [-0.15, -0.1) is 0 Å². The van der Waals surface area contributed by atoms with Gasteiger partial charge in [0.05, 0.1) is 6.04 Å². The molecule has 0 saturated heterocycles. The van der Waals surface area contributed by atoms with Crippen LogP contribution in [0.15, 0.2) is 0 Å². The molecule has 0 bridgehead atoms. The highest BCUT2D eigenvalue weighted by Crippen LogP contribution is 2.02. The maximum Gasteiger partial charge on any atom is 0.149 e. The second-order valence-electron chi connectivity index (χ2n) is 2.80. The zero-order chi connectivity index (χ0) is 8.69. The van der Waals surface area contributed by atoms with E-state index < -0.39 is 0 Å². The Morgan fingerprint density at radius 1 is 1.45 bits per heavy atom. The number of ketones is 1. The standard InChI is InChI=1S/C9H19NO/c1-4-6-7-8(10-3)9(11)5-2/h8,10H,4-7H2,1-3H3/t8-/m1/s1. The van der Waals surface area contributed by atoms with Gasteiger partial charge in [0.25, 0.3) is 0 Å². The van der Waals surface area contributed by atoms with Gasteiger partial charge in [-0.3, -0.25) is 4.79 Å². The minimum absolute atomic E-state index is 0.0972. The summed E-state index contributed by atoms with van der Waals surface area (Å²) in [5, 5.41) is 3.04. The van der Waals surface area contributed by atoms with Crippen molar-refractivity contribution >= 4 is 5.78 Å². The van der Waals surface area contributed by atoms with Crippen molar-refractivity contribution in [2.45, 2.75) is 45.6 Å². The monoisotopic (exact) mass is 157 g/mol. The molecule has 0 aromatic carbocycles. The number of hydrogen-bond acceptors (Lipinski definition) is 2. The fourth-order valence-corrected chi connectivity index (χ4v) is 1.12. The molecular weight excluding hydrogens is 138 g/mol. The Labute approximate surface area is 69.4 Å². The Kier molecular flexibility index (Phi) is 6.13. The van der Waals surface area contributed by atoms with E-state index in [1.165, 1.54) is 0 Å². The summed E-state index contributed by atoms with van der Waals surface area (Å²) in [6.45, 7) is 4.06. The van der Waals surface area contributed by atoms with Crippen LogP contribution in [0.1, 0.15) is 39.5 Å². The molecule has 0 unspecified atom stereocenters. The minimum atomic E-state index is 0.0972. The molecule has 1 atom stereocenters. The Morgan fingerprint density at radius 3 is 2.45 bits per heavy atom. The number of Topliss-reactive ketones (excluding diaryl/α,β-unsaturated/α-hetero) is 1. The van der Waals surface area contributed by atoms with Crippen LogP contribution in [-0.2, 0) is 4.79 Å². The molecule has 0 aromatic heterocycles. The van der Waals surface area contributed by atoms with Crippen molar-refractivity contribution in [2.24, 2.45) is 0 Å². The van der Waals surface area contributed by atoms with Gasteiger partial charge in [0.2, 0.25) is 0 Å². The van der Waals surface area contributed by atoms with E-state index in [1.807, 2.05) is 14.0 Å². The number of nitrogens with one attached hydrogen (secondary N) is 1. The number of unbranched alkanes of at least 4 members (excludes halogenated alkanes) is 1. The van der Waals surface area contributed by atoms with E-state index in [0.29, 0.717) is 12.2 Å². The second-order valence-corrected chi connectivity index (χ2v) is 2.80.